The lowest BCUT2D eigenvalue weighted by Crippen LogP contribution is -2.12. The van der Waals surface area contributed by atoms with Crippen LogP contribution in [0.2, 0.25) is 0 Å². The van der Waals surface area contributed by atoms with Crippen LogP contribution in [0, 0.1) is 0 Å². The van der Waals surface area contributed by atoms with Crippen LogP contribution in [-0.4, -0.2) is 8.42 Å². The zero-order valence-electron chi connectivity index (χ0n) is 11.3. The Morgan fingerprint density at radius 3 is 2.15 bits per heavy atom. The van der Waals surface area contributed by atoms with Crippen molar-refractivity contribution in [3.63, 3.8) is 0 Å². The molecule has 0 aliphatic rings. The fraction of sp³-hybridized carbons (Fsp3) is 0.125. The third kappa shape index (κ3) is 3.27. The van der Waals surface area contributed by atoms with Gasteiger partial charge in [-0.3, -0.25) is 4.72 Å². The molecule has 0 amide bonds. The van der Waals surface area contributed by atoms with Crippen molar-refractivity contribution < 1.29 is 8.42 Å². The summed E-state index contributed by atoms with van der Waals surface area (Å²) in [6.45, 7) is 5.70. The molecule has 104 valence electrons. The molecule has 2 rings (SSSR count). The Kier molecular flexibility index (Phi) is 4.25. The van der Waals surface area contributed by atoms with E-state index in [2.05, 4.69) is 18.2 Å². The average molecular weight is 287 g/mol. The maximum Gasteiger partial charge on any atom is 0.261 e. The first-order chi connectivity index (χ1) is 9.55. The minimum atomic E-state index is -3.54. The van der Waals surface area contributed by atoms with Gasteiger partial charge in [-0.25, -0.2) is 8.42 Å². The van der Waals surface area contributed by atoms with Crippen LogP contribution in [0.1, 0.15) is 18.1 Å². The molecule has 0 saturated heterocycles. The zero-order valence-corrected chi connectivity index (χ0v) is 12.2. The molecule has 0 spiro atoms. The Hall–Kier alpha value is -2.07. The van der Waals surface area contributed by atoms with Gasteiger partial charge in [0, 0.05) is 5.69 Å². The van der Waals surface area contributed by atoms with Gasteiger partial charge in [0.05, 0.1) is 4.90 Å². The second kappa shape index (κ2) is 5.92. The van der Waals surface area contributed by atoms with E-state index < -0.39 is 10.0 Å². The van der Waals surface area contributed by atoms with Gasteiger partial charge in [-0.05, 0) is 41.8 Å². The van der Waals surface area contributed by atoms with E-state index in [0.717, 1.165) is 12.0 Å². The van der Waals surface area contributed by atoms with Crippen molar-refractivity contribution in [3.8, 4) is 0 Å². The molecule has 0 unspecified atom stereocenters. The molecule has 0 atom stereocenters. The van der Waals surface area contributed by atoms with Crippen molar-refractivity contribution in [2.24, 2.45) is 0 Å². The largest absolute Gasteiger partial charge is 0.280 e. The van der Waals surface area contributed by atoms with Gasteiger partial charge in [0.2, 0.25) is 0 Å². The van der Waals surface area contributed by atoms with Crippen LogP contribution in [0.25, 0.3) is 6.08 Å². The van der Waals surface area contributed by atoms with Crippen molar-refractivity contribution in [2.45, 2.75) is 18.2 Å². The van der Waals surface area contributed by atoms with E-state index in [1.165, 1.54) is 5.56 Å². The van der Waals surface area contributed by atoms with E-state index in [0.29, 0.717) is 5.69 Å². The van der Waals surface area contributed by atoms with E-state index in [-0.39, 0.29) is 4.90 Å². The predicted octanol–water partition coefficient (Wildman–Crippen LogP) is 3.69. The molecule has 0 heterocycles. The van der Waals surface area contributed by atoms with Crippen molar-refractivity contribution in [2.75, 3.05) is 4.72 Å². The lowest BCUT2D eigenvalue weighted by molar-refractivity contribution is 0.601. The quantitative estimate of drug-likeness (QED) is 0.911. The van der Waals surface area contributed by atoms with Gasteiger partial charge in [-0.2, -0.15) is 0 Å². The fourth-order valence-corrected chi connectivity index (χ4v) is 2.86. The molecule has 0 aliphatic heterocycles. The normalized spacial score (nSPS) is 11.1. The van der Waals surface area contributed by atoms with Crippen LogP contribution in [0.15, 0.2) is 60.0 Å². The third-order valence-corrected chi connectivity index (χ3v) is 4.44. The molecule has 0 fully saturated rings. The van der Waals surface area contributed by atoms with Crippen LogP contribution in [0.5, 0.6) is 0 Å². The summed E-state index contributed by atoms with van der Waals surface area (Å²) in [5.41, 5.74) is 2.62. The second-order valence-electron chi connectivity index (χ2n) is 4.43. The van der Waals surface area contributed by atoms with E-state index in [4.69, 9.17) is 0 Å². The molecule has 4 heteroatoms. The lowest BCUT2D eigenvalue weighted by atomic mass is 10.2. The molecule has 0 aromatic heterocycles. The first-order valence-corrected chi connectivity index (χ1v) is 7.88. The molecule has 0 saturated carbocycles. The number of sulfonamides is 1. The van der Waals surface area contributed by atoms with E-state index in [1.807, 2.05) is 12.1 Å². The highest BCUT2D eigenvalue weighted by Crippen LogP contribution is 2.17. The maximum atomic E-state index is 12.2. The van der Waals surface area contributed by atoms with Gasteiger partial charge in [-0.1, -0.05) is 43.8 Å². The summed E-state index contributed by atoms with van der Waals surface area (Å²) in [5.74, 6) is 0. The molecule has 2 aromatic rings. The van der Waals surface area contributed by atoms with Crippen molar-refractivity contribution >= 4 is 21.8 Å². The monoisotopic (exact) mass is 287 g/mol. The number of benzene rings is 2. The van der Waals surface area contributed by atoms with Gasteiger partial charge < -0.3 is 0 Å². The number of nitrogens with one attached hydrogen (secondary N) is 1. The Bertz CT molecular complexity index is 686. The van der Waals surface area contributed by atoms with Crippen LogP contribution in [0.4, 0.5) is 5.69 Å². The highest BCUT2D eigenvalue weighted by Gasteiger charge is 2.13. The fourth-order valence-electron chi connectivity index (χ4n) is 1.81. The summed E-state index contributed by atoms with van der Waals surface area (Å²) in [6.07, 6.45) is 2.60. The first kappa shape index (κ1) is 14.3. The van der Waals surface area contributed by atoms with Crippen LogP contribution >= 0.6 is 0 Å². The summed E-state index contributed by atoms with van der Waals surface area (Å²) >= 11 is 0. The standard InChI is InChI=1S/C16H17NO2S/c1-3-13-5-9-15(10-6-13)17-20(18,19)16-11-7-14(4-2)8-12-16/h4-12,17H,2-3H2,1H3. The number of anilines is 1. The number of rotatable bonds is 5. The summed E-state index contributed by atoms with van der Waals surface area (Å²) in [7, 11) is -3.54. The Labute approximate surface area is 120 Å². The van der Waals surface area contributed by atoms with Crippen molar-refractivity contribution in [1.82, 2.24) is 0 Å². The molecule has 0 bridgehead atoms. The van der Waals surface area contributed by atoms with Crippen LogP contribution in [-0.2, 0) is 16.4 Å². The molecule has 0 aliphatic carbocycles. The SMILES string of the molecule is C=Cc1ccc(S(=O)(=O)Nc2ccc(CC)cc2)cc1. The van der Waals surface area contributed by atoms with Crippen molar-refractivity contribution in [1.29, 1.82) is 0 Å². The van der Waals surface area contributed by atoms with E-state index >= 15 is 0 Å². The van der Waals surface area contributed by atoms with Gasteiger partial charge >= 0.3 is 0 Å². The Morgan fingerprint density at radius 1 is 1.05 bits per heavy atom. The van der Waals surface area contributed by atoms with Crippen LogP contribution < -0.4 is 4.72 Å². The van der Waals surface area contributed by atoms with Crippen LogP contribution in [0.3, 0.4) is 0 Å². The summed E-state index contributed by atoms with van der Waals surface area (Å²) < 4.78 is 27.0. The lowest BCUT2D eigenvalue weighted by Gasteiger charge is -2.09. The highest BCUT2D eigenvalue weighted by molar-refractivity contribution is 7.92. The number of aryl methyl sites for hydroxylation is 1. The second-order valence-corrected chi connectivity index (χ2v) is 6.11. The molecule has 3 nitrogen and oxygen atoms in total. The summed E-state index contributed by atoms with van der Waals surface area (Å²) in [4.78, 5) is 0.239. The molecular formula is C16H17NO2S. The maximum absolute atomic E-state index is 12.2. The Balaban J connectivity index is 2.22. The zero-order chi connectivity index (χ0) is 14.6. The third-order valence-electron chi connectivity index (χ3n) is 3.04. The number of hydrogen-bond donors (Lipinski definition) is 1. The summed E-state index contributed by atoms with van der Waals surface area (Å²) in [6, 6.07) is 14.0. The van der Waals surface area contributed by atoms with Gasteiger partial charge in [0.25, 0.3) is 10.0 Å². The molecule has 0 radical (unpaired) electrons. The smallest absolute Gasteiger partial charge is 0.261 e. The highest BCUT2D eigenvalue weighted by atomic mass is 32.2. The molecule has 1 N–H and O–H groups in total. The van der Waals surface area contributed by atoms with E-state index in [9.17, 15) is 8.42 Å². The Morgan fingerprint density at radius 2 is 1.65 bits per heavy atom. The van der Waals surface area contributed by atoms with E-state index in [1.54, 1.807) is 42.5 Å². The van der Waals surface area contributed by atoms with Gasteiger partial charge in [0.1, 0.15) is 0 Å². The van der Waals surface area contributed by atoms with Gasteiger partial charge in [0.15, 0.2) is 0 Å². The minimum Gasteiger partial charge on any atom is -0.280 e. The minimum absolute atomic E-state index is 0.239. The van der Waals surface area contributed by atoms with Crippen molar-refractivity contribution in [3.05, 3.63) is 66.2 Å². The average Bonchev–Trinajstić information content (AvgIpc) is 2.48. The van der Waals surface area contributed by atoms with Gasteiger partial charge in [-0.15, -0.1) is 0 Å². The number of hydrogen-bond acceptors (Lipinski definition) is 2. The molecular weight excluding hydrogens is 270 g/mol. The summed E-state index contributed by atoms with van der Waals surface area (Å²) in [5, 5.41) is 0. The molecule has 20 heavy (non-hydrogen) atoms. The topological polar surface area (TPSA) is 46.2 Å². The first-order valence-electron chi connectivity index (χ1n) is 6.39. The molecule has 2 aromatic carbocycles. The predicted molar refractivity (Wildman–Crippen MR) is 83.2 cm³/mol.